The Hall–Kier alpha value is -2.83. The minimum atomic E-state index is -0.894. The highest BCUT2D eigenvalue weighted by molar-refractivity contribution is 5.71. The number of carboxylic acids is 1. The molecule has 0 amide bonds. The van der Waals surface area contributed by atoms with Gasteiger partial charge >= 0.3 is 5.97 Å². The number of carboxylic acid groups (broad SMARTS) is 1. The normalized spacial score (nSPS) is 11.0. The fourth-order valence-electron chi connectivity index (χ4n) is 2.23. The Morgan fingerprint density at radius 3 is 2.81 bits per heavy atom. The van der Waals surface area contributed by atoms with Crippen LogP contribution >= 0.6 is 0 Å². The Morgan fingerprint density at radius 2 is 2.14 bits per heavy atom. The van der Waals surface area contributed by atoms with E-state index in [2.05, 4.69) is 20.1 Å². The number of aliphatic carboxylic acids is 1. The third-order valence-corrected chi connectivity index (χ3v) is 3.30. The monoisotopic (exact) mass is 283 g/mol. The van der Waals surface area contributed by atoms with Crippen molar-refractivity contribution < 1.29 is 9.90 Å². The standard InChI is InChI=1S/C14H13N5O2/c1-8-11(6-12(20)21)9(2)19-14(16-8)17-13(18-19)10-4-3-5-15-7-10/h3-5,7H,6H2,1-2H3,(H,20,21). The van der Waals surface area contributed by atoms with Crippen LogP contribution < -0.4 is 0 Å². The van der Waals surface area contributed by atoms with Crippen LogP contribution in [0.15, 0.2) is 24.5 Å². The van der Waals surface area contributed by atoms with Crippen molar-refractivity contribution >= 4 is 11.7 Å². The molecule has 0 saturated heterocycles. The molecular weight excluding hydrogens is 270 g/mol. The van der Waals surface area contributed by atoms with Crippen LogP contribution in [0.4, 0.5) is 0 Å². The number of carbonyl (C=O) groups is 1. The van der Waals surface area contributed by atoms with Gasteiger partial charge in [0.15, 0.2) is 5.82 Å². The van der Waals surface area contributed by atoms with Gasteiger partial charge in [0.25, 0.3) is 5.78 Å². The van der Waals surface area contributed by atoms with Crippen LogP contribution in [0.25, 0.3) is 17.2 Å². The van der Waals surface area contributed by atoms with Gasteiger partial charge in [0, 0.05) is 34.9 Å². The Kier molecular flexibility index (Phi) is 3.09. The zero-order valence-electron chi connectivity index (χ0n) is 11.6. The number of aromatic nitrogens is 5. The van der Waals surface area contributed by atoms with E-state index >= 15 is 0 Å². The Bertz CT molecular complexity index is 826. The van der Waals surface area contributed by atoms with Gasteiger partial charge < -0.3 is 5.11 Å². The van der Waals surface area contributed by atoms with Crippen LogP contribution in [0.1, 0.15) is 17.0 Å². The summed E-state index contributed by atoms with van der Waals surface area (Å²) in [7, 11) is 0. The number of aryl methyl sites for hydroxylation is 2. The van der Waals surface area contributed by atoms with Crippen molar-refractivity contribution in [2.75, 3.05) is 0 Å². The summed E-state index contributed by atoms with van der Waals surface area (Å²) in [6.07, 6.45) is 3.27. The molecule has 0 fully saturated rings. The third kappa shape index (κ3) is 2.33. The first-order chi connectivity index (χ1) is 10.1. The van der Waals surface area contributed by atoms with Gasteiger partial charge in [-0.05, 0) is 26.0 Å². The number of fused-ring (bicyclic) bond motifs is 1. The summed E-state index contributed by atoms with van der Waals surface area (Å²) >= 11 is 0. The summed E-state index contributed by atoms with van der Waals surface area (Å²) in [5, 5.41) is 13.4. The maximum atomic E-state index is 11.0. The lowest BCUT2D eigenvalue weighted by molar-refractivity contribution is -0.136. The second-order valence-corrected chi connectivity index (χ2v) is 4.72. The van der Waals surface area contributed by atoms with Gasteiger partial charge in [-0.3, -0.25) is 9.78 Å². The van der Waals surface area contributed by atoms with Crippen molar-refractivity contribution in [1.82, 2.24) is 24.6 Å². The summed E-state index contributed by atoms with van der Waals surface area (Å²) in [5.41, 5.74) is 2.85. The van der Waals surface area contributed by atoms with Crippen LogP contribution in [0.3, 0.4) is 0 Å². The topological polar surface area (TPSA) is 93.3 Å². The van der Waals surface area contributed by atoms with Crippen molar-refractivity contribution in [2.45, 2.75) is 20.3 Å². The van der Waals surface area contributed by atoms with Crippen LogP contribution in [-0.2, 0) is 11.2 Å². The zero-order valence-corrected chi connectivity index (χ0v) is 11.6. The molecule has 0 aromatic carbocycles. The predicted octanol–water partition coefficient (Wildman–Crippen LogP) is 1.43. The van der Waals surface area contributed by atoms with Gasteiger partial charge in [-0.25, -0.2) is 9.50 Å². The third-order valence-electron chi connectivity index (χ3n) is 3.30. The minimum Gasteiger partial charge on any atom is -0.481 e. The first kappa shape index (κ1) is 13.2. The van der Waals surface area contributed by atoms with E-state index in [9.17, 15) is 4.79 Å². The quantitative estimate of drug-likeness (QED) is 0.781. The highest BCUT2D eigenvalue weighted by Gasteiger charge is 2.16. The highest BCUT2D eigenvalue weighted by Crippen LogP contribution is 2.18. The first-order valence-corrected chi connectivity index (χ1v) is 6.41. The fraction of sp³-hybridized carbons (Fsp3) is 0.214. The van der Waals surface area contributed by atoms with Gasteiger partial charge in [0.05, 0.1) is 6.42 Å². The molecule has 0 aliphatic heterocycles. The summed E-state index contributed by atoms with van der Waals surface area (Å²) in [6.45, 7) is 3.60. The molecule has 3 heterocycles. The molecule has 3 rings (SSSR count). The van der Waals surface area contributed by atoms with Crippen molar-refractivity contribution in [3.63, 3.8) is 0 Å². The van der Waals surface area contributed by atoms with Gasteiger partial charge in [-0.1, -0.05) is 0 Å². The number of rotatable bonds is 3. The van der Waals surface area contributed by atoms with E-state index in [0.717, 1.165) is 11.3 Å². The fourth-order valence-corrected chi connectivity index (χ4v) is 2.23. The average Bonchev–Trinajstić information content (AvgIpc) is 2.88. The molecule has 3 aromatic rings. The molecule has 0 aliphatic carbocycles. The van der Waals surface area contributed by atoms with Crippen molar-refractivity contribution in [2.24, 2.45) is 0 Å². The van der Waals surface area contributed by atoms with E-state index in [1.165, 1.54) is 0 Å². The molecule has 0 spiro atoms. The molecule has 0 atom stereocenters. The molecular formula is C14H13N5O2. The van der Waals surface area contributed by atoms with Gasteiger partial charge in [-0.15, -0.1) is 5.10 Å². The molecule has 1 N–H and O–H groups in total. The second kappa shape index (κ2) is 4.93. The van der Waals surface area contributed by atoms with Crippen LogP contribution in [0.2, 0.25) is 0 Å². The Morgan fingerprint density at radius 1 is 1.33 bits per heavy atom. The average molecular weight is 283 g/mol. The van der Waals surface area contributed by atoms with E-state index in [1.54, 1.807) is 23.8 Å². The molecule has 0 saturated carbocycles. The molecule has 0 aliphatic rings. The van der Waals surface area contributed by atoms with Crippen LogP contribution in [-0.4, -0.2) is 35.6 Å². The minimum absolute atomic E-state index is 0.0807. The van der Waals surface area contributed by atoms with Crippen molar-refractivity contribution in [3.05, 3.63) is 41.5 Å². The van der Waals surface area contributed by atoms with Crippen molar-refractivity contribution in [3.8, 4) is 11.4 Å². The van der Waals surface area contributed by atoms with Crippen molar-refractivity contribution in [1.29, 1.82) is 0 Å². The second-order valence-electron chi connectivity index (χ2n) is 4.72. The van der Waals surface area contributed by atoms with Crippen LogP contribution in [0, 0.1) is 13.8 Å². The van der Waals surface area contributed by atoms with E-state index < -0.39 is 5.97 Å². The smallest absolute Gasteiger partial charge is 0.307 e. The molecule has 0 bridgehead atoms. The SMILES string of the molecule is Cc1nc2nc(-c3cccnc3)nn2c(C)c1CC(=O)O. The predicted molar refractivity (Wildman–Crippen MR) is 74.8 cm³/mol. The molecule has 21 heavy (non-hydrogen) atoms. The van der Waals surface area contributed by atoms with E-state index in [0.29, 0.717) is 22.9 Å². The maximum Gasteiger partial charge on any atom is 0.307 e. The molecule has 3 aromatic heterocycles. The lowest BCUT2D eigenvalue weighted by atomic mass is 10.1. The molecule has 7 heteroatoms. The number of hydrogen-bond acceptors (Lipinski definition) is 5. The molecule has 0 unspecified atom stereocenters. The number of hydrogen-bond donors (Lipinski definition) is 1. The van der Waals surface area contributed by atoms with Gasteiger partial charge in [0.2, 0.25) is 0 Å². The van der Waals surface area contributed by atoms with Gasteiger partial charge in [-0.2, -0.15) is 4.98 Å². The van der Waals surface area contributed by atoms with E-state index in [4.69, 9.17) is 5.11 Å². The number of nitrogens with zero attached hydrogens (tertiary/aromatic N) is 5. The van der Waals surface area contributed by atoms with Gasteiger partial charge in [0.1, 0.15) is 0 Å². The Labute approximate surface area is 120 Å². The highest BCUT2D eigenvalue weighted by atomic mass is 16.4. The molecule has 7 nitrogen and oxygen atoms in total. The van der Waals surface area contributed by atoms with E-state index in [-0.39, 0.29) is 6.42 Å². The van der Waals surface area contributed by atoms with E-state index in [1.807, 2.05) is 19.1 Å². The first-order valence-electron chi connectivity index (χ1n) is 6.41. The number of pyridine rings is 1. The van der Waals surface area contributed by atoms with Crippen LogP contribution in [0.5, 0.6) is 0 Å². The lowest BCUT2D eigenvalue weighted by Crippen LogP contribution is -2.10. The summed E-state index contributed by atoms with van der Waals surface area (Å²) in [6, 6.07) is 3.67. The zero-order chi connectivity index (χ0) is 15.0. The summed E-state index contributed by atoms with van der Waals surface area (Å²) < 4.78 is 1.58. The maximum absolute atomic E-state index is 11.0. The largest absolute Gasteiger partial charge is 0.481 e. The lowest BCUT2D eigenvalue weighted by Gasteiger charge is -2.07. The summed E-state index contributed by atoms with van der Waals surface area (Å²) in [5.74, 6) is 0.0820. The summed E-state index contributed by atoms with van der Waals surface area (Å²) in [4.78, 5) is 23.7. The Balaban J connectivity index is 2.18. The molecule has 0 radical (unpaired) electrons. The molecule has 106 valence electrons.